The van der Waals surface area contributed by atoms with Crippen molar-refractivity contribution in [2.24, 2.45) is 11.8 Å². The summed E-state index contributed by atoms with van der Waals surface area (Å²) in [4.78, 5) is 18.6. The first-order valence-corrected chi connectivity index (χ1v) is 9.31. The van der Waals surface area contributed by atoms with Crippen LogP contribution in [0.15, 0.2) is 36.0 Å². The fraction of sp³-hybridized carbons (Fsp3) is 0.368. The lowest BCUT2D eigenvalue weighted by molar-refractivity contribution is 0.0952. The van der Waals surface area contributed by atoms with Gasteiger partial charge in [-0.3, -0.25) is 4.79 Å². The second-order valence-corrected chi connectivity index (χ2v) is 7.82. The minimum Gasteiger partial charge on any atom is -0.383 e. The second-order valence-electron chi connectivity index (χ2n) is 6.62. The van der Waals surface area contributed by atoms with Gasteiger partial charge in [-0.25, -0.2) is 4.98 Å². The Labute approximate surface area is 145 Å². The van der Waals surface area contributed by atoms with E-state index in [1.165, 1.54) is 30.6 Å². The molecule has 3 N–H and O–H groups in total. The number of amides is 1. The minimum absolute atomic E-state index is 0.178. The number of hydrogen-bond acceptors (Lipinski definition) is 4. The van der Waals surface area contributed by atoms with E-state index in [0.717, 1.165) is 16.7 Å². The molecule has 0 unspecified atom stereocenters. The summed E-state index contributed by atoms with van der Waals surface area (Å²) in [5, 5.41) is 2.92. The molecule has 4 rings (SSSR count). The van der Waals surface area contributed by atoms with Crippen molar-refractivity contribution in [3.8, 4) is 0 Å². The molecule has 2 aliphatic carbocycles. The van der Waals surface area contributed by atoms with Gasteiger partial charge in [-0.2, -0.15) is 0 Å². The second kappa shape index (κ2) is 6.40. The summed E-state index contributed by atoms with van der Waals surface area (Å²) in [5.74, 6) is 1.78. The number of allylic oxidation sites excluding steroid dienone is 1. The van der Waals surface area contributed by atoms with E-state index >= 15 is 0 Å². The van der Waals surface area contributed by atoms with E-state index in [4.69, 9.17) is 5.73 Å². The van der Waals surface area contributed by atoms with E-state index < -0.39 is 0 Å². The van der Waals surface area contributed by atoms with Crippen LogP contribution < -0.4 is 11.1 Å². The molecular weight excluding hydrogens is 318 g/mol. The fourth-order valence-corrected chi connectivity index (χ4v) is 3.92. The zero-order valence-corrected chi connectivity index (χ0v) is 14.3. The number of nitrogens with zero attached hydrogens (tertiary/aromatic N) is 1. The lowest BCUT2D eigenvalue weighted by Crippen LogP contribution is -2.23. The highest BCUT2D eigenvalue weighted by molar-refractivity contribution is 7.12. The molecule has 0 atom stereocenters. The van der Waals surface area contributed by atoms with Crippen molar-refractivity contribution in [2.45, 2.75) is 32.2 Å². The van der Waals surface area contributed by atoms with Crippen LogP contribution in [0.2, 0.25) is 0 Å². The van der Waals surface area contributed by atoms with E-state index in [1.54, 1.807) is 35.2 Å². The largest absolute Gasteiger partial charge is 0.383 e. The monoisotopic (exact) mass is 339 g/mol. The van der Waals surface area contributed by atoms with Crippen molar-refractivity contribution < 1.29 is 4.79 Å². The number of hydrogen-bond donors (Lipinski definition) is 2. The van der Waals surface area contributed by atoms with Gasteiger partial charge in [-0.05, 0) is 67.9 Å². The van der Waals surface area contributed by atoms with Crippen LogP contribution in [0, 0.1) is 11.8 Å². The molecule has 0 radical (unpaired) electrons. The highest BCUT2D eigenvalue weighted by Crippen LogP contribution is 2.49. The number of pyridine rings is 1. The van der Waals surface area contributed by atoms with Gasteiger partial charge in [0.1, 0.15) is 5.82 Å². The molecule has 0 bridgehead atoms. The normalized spacial score (nSPS) is 16.7. The van der Waals surface area contributed by atoms with Gasteiger partial charge in [-0.1, -0.05) is 5.57 Å². The summed E-state index contributed by atoms with van der Waals surface area (Å²) in [7, 11) is 0. The van der Waals surface area contributed by atoms with Crippen molar-refractivity contribution in [1.29, 1.82) is 0 Å². The molecular formula is C19H21N3OS. The molecule has 2 aromatic rings. The van der Waals surface area contributed by atoms with E-state index in [0.29, 0.717) is 12.1 Å². The summed E-state index contributed by atoms with van der Waals surface area (Å²) in [6, 6.07) is 7.67. The van der Waals surface area contributed by atoms with Gasteiger partial charge in [0.25, 0.3) is 5.91 Å². The maximum atomic E-state index is 12.2. The van der Waals surface area contributed by atoms with Crippen molar-refractivity contribution in [2.75, 3.05) is 5.73 Å². The van der Waals surface area contributed by atoms with Crippen LogP contribution in [0.3, 0.4) is 0 Å². The summed E-state index contributed by atoms with van der Waals surface area (Å²) >= 11 is 1.75. The van der Waals surface area contributed by atoms with E-state index in [-0.39, 0.29) is 11.7 Å². The first kappa shape index (κ1) is 15.4. The Bertz CT molecular complexity index is 773. The topological polar surface area (TPSA) is 68.0 Å². The van der Waals surface area contributed by atoms with Crippen molar-refractivity contribution in [3.05, 3.63) is 51.4 Å². The van der Waals surface area contributed by atoms with Crippen molar-refractivity contribution in [3.63, 3.8) is 0 Å². The quantitative estimate of drug-likeness (QED) is 0.840. The summed E-state index contributed by atoms with van der Waals surface area (Å²) in [6.07, 6.45) is 9.43. The standard InChI is InChI=1S/C19H21N3OS/c20-18-16(2-1-9-21-18)19(23)22-11-15-8-7-14(24-15)10-17(12-3-4-12)13-5-6-13/h1-2,7-10,12-13H,3-6,11H2,(H2,20,21)(H,22,23). The zero-order valence-electron chi connectivity index (χ0n) is 13.5. The van der Waals surface area contributed by atoms with E-state index in [1.807, 2.05) is 0 Å². The molecule has 0 aromatic carbocycles. The summed E-state index contributed by atoms with van der Waals surface area (Å²) in [6.45, 7) is 0.522. The first-order chi connectivity index (χ1) is 11.7. The number of nitrogens with one attached hydrogen (secondary N) is 1. The molecule has 1 amide bonds. The van der Waals surface area contributed by atoms with E-state index in [9.17, 15) is 4.79 Å². The van der Waals surface area contributed by atoms with Crippen LogP contribution in [0.4, 0.5) is 5.82 Å². The molecule has 5 heteroatoms. The summed E-state index contributed by atoms with van der Waals surface area (Å²) in [5.41, 5.74) is 7.83. The molecule has 0 aliphatic heterocycles. The molecule has 2 saturated carbocycles. The number of carbonyl (C=O) groups excluding carboxylic acids is 1. The number of nitrogen functional groups attached to an aromatic ring is 1. The minimum atomic E-state index is -0.178. The van der Waals surface area contributed by atoms with Crippen LogP contribution in [-0.4, -0.2) is 10.9 Å². The Kier molecular flexibility index (Phi) is 4.10. The average molecular weight is 339 g/mol. The fourth-order valence-electron chi connectivity index (χ4n) is 3.01. The Balaban J connectivity index is 1.39. The van der Waals surface area contributed by atoms with Gasteiger partial charge in [0, 0.05) is 16.0 Å². The molecule has 2 heterocycles. The number of aromatic nitrogens is 1. The van der Waals surface area contributed by atoms with Crippen LogP contribution in [0.5, 0.6) is 0 Å². The maximum absolute atomic E-state index is 12.2. The molecule has 0 spiro atoms. The molecule has 24 heavy (non-hydrogen) atoms. The Morgan fingerprint density at radius 1 is 1.25 bits per heavy atom. The van der Waals surface area contributed by atoms with Gasteiger partial charge in [0.2, 0.25) is 0 Å². The Morgan fingerprint density at radius 2 is 2.00 bits per heavy atom. The number of nitrogens with two attached hydrogens (primary N) is 1. The van der Waals surface area contributed by atoms with Gasteiger partial charge >= 0.3 is 0 Å². The van der Waals surface area contributed by atoms with Crippen LogP contribution in [-0.2, 0) is 6.54 Å². The predicted molar refractivity (Wildman–Crippen MR) is 97.6 cm³/mol. The highest BCUT2D eigenvalue weighted by Gasteiger charge is 2.36. The van der Waals surface area contributed by atoms with E-state index in [2.05, 4.69) is 28.5 Å². The lowest BCUT2D eigenvalue weighted by Gasteiger charge is -2.05. The smallest absolute Gasteiger partial charge is 0.255 e. The molecule has 2 fully saturated rings. The molecule has 2 aromatic heterocycles. The third-order valence-electron chi connectivity index (χ3n) is 4.60. The van der Waals surface area contributed by atoms with Gasteiger partial charge < -0.3 is 11.1 Å². The Morgan fingerprint density at radius 3 is 2.67 bits per heavy atom. The third kappa shape index (κ3) is 3.51. The van der Waals surface area contributed by atoms with Crippen LogP contribution >= 0.6 is 11.3 Å². The number of anilines is 1. The van der Waals surface area contributed by atoms with Crippen LogP contribution in [0.1, 0.15) is 45.8 Å². The van der Waals surface area contributed by atoms with Gasteiger partial charge in [0.15, 0.2) is 0 Å². The molecule has 124 valence electrons. The van der Waals surface area contributed by atoms with Crippen LogP contribution in [0.25, 0.3) is 6.08 Å². The maximum Gasteiger partial charge on any atom is 0.255 e. The highest BCUT2D eigenvalue weighted by atomic mass is 32.1. The molecule has 2 aliphatic rings. The predicted octanol–water partition coefficient (Wildman–Crippen LogP) is 3.86. The zero-order chi connectivity index (χ0) is 16.5. The summed E-state index contributed by atoms with van der Waals surface area (Å²) < 4.78 is 0. The average Bonchev–Trinajstić information content (AvgIpc) is 3.50. The molecule has 0 saturated heterocycles. The van der Waals surface area contributed by atoms with Gasteiger partial charge in [-0.15, -0.1) is 11.3 Å². The number of thiophene rings is 1. The Hall–Kier alpha value is -2.14. The van der Waals surface area contributed by atoms with Crippen molar-refractivity contribution >= 4 is 29.1 Å². The first-order valence-electron chi connectivity index (χ1n) is 8.49. The van der Waals surface area contributed by atoms with Crippen molar-refractivity contribution in [1.82, 2.24) is 10.3 Å². The SMILES string of the molecule is Nc1ncccc1C(=O)NCc1ccc(C=C(C2CC2)C2CC2)s1. The third-order valence-corrected chi connectivity index (χ3v) is 5.63. The number of rotatable bonds is 6. The number of carbonyl (C=O) groups is 1. The van der Waals surface area contributed by atoms with Gasteiger partial charge in [0.05, 0.1) is 12.1 Å². The molecule has 4 nitrogen and oxygen atoms in total. The lowest BCUT2D eigenvalue weighted by atomic mass is 10.1.